The van der Waals surface area contributed by atoms with Crippen LogP contribution in [0.5, 0.6) is 0 Å². The van der Waals surface area contributed by atoms with Crippen LogP contribution in [0.2, 0.25) is 0 Å². The van der Waals surface area contributed by atoms with Gasteiger partial charge in [0.2, 0.25) is 0 Å². The van der Waals surface area contributed by atoms with Gasteiger partial charge in [-0.15, -0.1) is 22.7 Å². The minimum absolute atomic E-state index is 0.669. The van der Waals surface area contributed by atoms with Crippen LogP contribution >= 0.6 is 22.7 Å². The lowest BCUT2D eigenvalue weighted by molar-refractivity contribution is 0.790. The summed E-state index contributed by atoms with van der Waals surface area (Å²) in [7, 11) is 0. The zero-order chi connectivity index (χ0) is 18.4. The van der Waals surface area contributed by atoms with Crippen molar-refractivity contribution in [1.29, 1.82) is 0 Å². The fourth-order valence-corrected chi connectivity index (χ4v) is 4.76. The summed E-state index contributed by atoms with van der Waals surface area (Å²) in [6.45, 7) is 10.8. The highest BCUT2D eigenvalue weighted by Crippen LogP contribution is 2.24. The van der Waals surface area contributed by atoms with Crippen LogP contribution in [0.1, 0.15) is 41.0 Å². The first-order chi connectivity index (χ1) is 12.7. The molecule has 0 radical (unpaired) electrons. The number of anilines is 1. The van der Waals surface area contributed by atoms with Gasteiger partial charge in [-0.1, -0.05) is 0 Å². The Morgan fingerprint density at radius 3 is 2.73 bits per heavy atom. The van der Waals surface area contributed by atoms with Crippen LogP contribution in [0.3, 0.4) is 0 Å². The standard InChI is InChI=1S/C18H28N6S2/c1-4-19-17(21-11-16-13(2)22-14(3)26-16)20-8-7-15-12-25-18(23-15)24-9-5-6-10-24/h12H,4-11H2,1-3H3,(H2,19,20,21). The molecule has 2 aromatic rings. The van der Waals surface area contributed by atoms with Crippen molar-refractivity contribution >= 4 is 33.8 Å². The van der Waals surface area contributed by atoms with Gasteiger partial charge in [0.1, 0.15) is 0 Å². The molecular formula is C18H28N6S2. The minimum Gasteiger partial charge on any atom is -0.357 e. The number of aliphatic imine (C=N–C) groups is 1. The molecule has 1 saturated heterocycles. The first kappa shape index (κ1) is 19.1. The van der Waals surface area contributed by atoms with E-state index >= 15 is 0 Å². The molecule has 0 atom stereocenters. The number of rotatable bonds is 7. The van der Waals surface area contributed by atoms with Crippen molar-refractivity contribution in [3.63, 3.8) is 0 Å². The molecular weight excluding hydrogens is 364 g/mol. The molecule has 3 heterocycles. The number of aryl methyl sites for hydroxylation is 2. The molecule has 8 heteroatoms. The van der Waals surface area contributed by atoms with Gasteiger partial charge in [0.05, 0.1) is 22.9 Å². The molecule has 1 fully saturated rings. The third-order valence-electron chi connectivity index (χ3n) is 4.31. The summed E-state index contributed by atoms with van der Waals surface area (Å²) >= 11 is 3.49. The average Bonchev–Trinajstić information content (AvgIpc) is 3.34. The van der Waals surface area contributed by atoms with Crippen molar-refractivity contribution in [3.05, 3.63) is 26.7 Å². The van der Waals surface area contributed by atoms with Gasteiger partial charge in [-0.25, -0.2) is 15.0 Å². The summed E-state index contributed by atoms with van der Waals surface area (Å²) in [6, 6.07) is 0. The maximum absolute atomic E-state index is 4.78. The van der Waals surface area contributed by atoms with E-state index in [2.05, 4.69) is 39.7 Å². The fraction of sp³-hybridized carbons (Fsp3) is 0.611. The normalized spacial score (nSPS) is 14.9. The Morgan fingerprint density at radius 2 is 2.04 bits per heavy atom. The third kappa shape index (κ3) is 5.17. The van der Waals surface area contributed by atoms with E-state index in [0.717, 1.165) is 55.0 Å². The number of guanidine groups is 1. The Bertz CT molecular complexity index is 730. The topological polar surface area (TPSA) is 65.4 Å². The van der Waals surface area contributed by atoms with Gasteiger partial charge in [-0.2, -0.15) is 0 Å². The number of nitrogens with zero attached hydrogens (tertiary/aromatic N) is 4. The summed E-state index contributed by atoms with van der Waals surface area (Å²) in [5, 5.41) is 11.2. The maximum Gasteiger partial charge on any atom is 0.191 e. The molecule has 0 saturated carbocycles. The van der Waals surface area contributed by atoms with Crippen molar-refractivity contribution in [3.8, 4) is 0 Å². The summed E-state index contributed by atoms with van der Waals surface area (Å²) in [5.74, 6) is 0.855. The molecule has 0 aliphatic carbocycles. The van der Waals surface area contributed by atoms with E-state index in [1.54, 1.807) is 22.7 Å². The quantitative estimate of drug-likeness (QED) is 0.560. The van der Waals surface area contributed by atoms with Crippen molar-refractivity contribution in [2.24, 2.45) is 4.99 Å². The molecule has 2 N–H and O–H groups in total. The van der Waals surface area contributed by atoms with Gasteiger partial charge >= 0.3 is 0 Å². The number of hydrogen-bond acceptors (Lipinski definition) is 6. The lowest BCUT2D eigenvalue weighted by Gasteiger charge is -2.12. The Kier molecular flexibility index (Phi) is 6.85. The van der Waals surface area contributed by atoms with Crippen LogP contribution in [-0.2, 0) is 13.0 Å². The molecule has 1 aliphatic rings. The van der Waals surface area contributed by atoms with Crippen LogP contribution < -0.4 is 15.5 Å². The SMILES string of the molecule is CCNC(=NCc1sc(C)nc1C)NCCc1csc(N2CCCC2)n1. The largest absolute Gasteiger partial charge is 0.357 e. The Morgan fingerprint density at radius 1 is 1.23 bits per heavy atom. The predicted octanol–water partition coefficient (Wildman–Crippen LogP) is 3.11. The molecule has 142 valence electrons. The first-order valence-corrected chi connectivity index (χ1v) is 11.0. The van der Waals surface area contributed by atoms with E-state index in [0.29, 0.717) is 6.54 Å². The molecule has 0 spiro atoms. The molecule has 26 heavy (non-hydrogen) atoms. The third-order valence-corrected chi connectivity index (χ3v) is 6.32. The zero-order valence-electron chi connectivity index (χ0n) is 15.8. The van der Waals surface area contributed by atoms with Crippen molar-refractivity contribution in [2.75, 3.05) is 31.1 Å². The Balaban J connectivity index is 1.50. The Hall–Kier alpha value is -1.67. The van der Waals surface area contributed by atoms with Gasteiger partial charge in [0.25, 0.3) is 0 Å². The molecule has 2 aromatic heterocycles. The highest BCUT2D eigenvalue weighted by Gasteiger charge is 2.15. The van der Waals surface area contributed by atoms with E-state index in [-0.39, 0.29) is 0 Å². The second-order valence-corrected chi connectivity index (χ2v) is 8.55. The van der Waals surface area contributed by atoms with Gasteiger partial charge in [-0.05, 0) is 33.6 Å². The zero-order valence-corrected chi connectivity index (χ0v) is 17.5. The lowest BCUT2D eigenvalue weighted by atomic mass is 10.3. The molecule has 0 aromatic carbocycles. The van der Waals surface area contributed by atoms with Crippen molar-refractivity contribution in [2.45, 2.75) is 46.6 Å². The van der Waals surface area contributed by atoms with E-state index in [9.17, 15) is 0 Å². The molecule has 0 amide bonds. The monoisotopic (exact) mass is 392 g/mol. The summed E-state index contributed by atoms with van der Waals surface area (Å²) in [4.78, 5) is 17.6. The fourth-order valence-electron chi connectivity index (χ4n) is 2.99. The van der Waals surface area contributed by atoms with Crippen LogP contribution in [-0.4, -0.2) is 42.1 Å². The van der Waals surface area contributed by atoms with Crippen LogP contribution in [0.25, 0.3) is 0 Å². The van der Waals surface area contributed by atoms with Crippen LogP contribution in [0, 0.1) is 13.8 Å². The van der Waals surface area contributed by atoms with Crippen LogP contribution in [0.15, 0.2) is 10.4 Å². The van der Waals surface area contributed by atoms with E-state index in [1.807, 2.05) is 6.92 Å². The highest BCUT2D eigenvalue weighted by molar-refractivity contribution is 7.13. The number of thiazole rings is 2. The summed E-state index contributed by atoms with van der Waals surface area (Å²) in [6.07, 6.45) is 3.49. The van der Waals surface area contributed by atoms with E-state index in [1.165, 1.54) is 22.9 Å². The predicted molar refractivity (Wildman–Crippen MR) is 112 cm³/mol. The molecule has 3 rings (SSSR count). The second kappa shape index (κ2) is 9.32. The maximum atomic E-state index is 4.78. The lowest BCUT2D eigenvalue weighted by Crippen LogP contribution is -2.38. The van der Waals surface area contributed by atoms with Crippen molar-refractivity contribution in [1.82, 2.24) is 20.6 Å². The highest BCUT2D eigenvalue weighted by atomic mass is 32.1. The number of aromatic nitrogens is 2. The van der Waals surface area contributed by atoms with Gasteiger partial charge in [0.15, 0.2) is 11.1 Å². The summed E-state index contributed by atoms with van der Waals surface area (Å²) in [5.41, 5.74) is 2.25. The smallest absolute Gasteiger partial charge is 0.191 e. The average molecular weight is 393 g/mol. The van der Waals surface area contributed by atoms with Crippen LogP contribution in [0.4, 0.5) is 5.13 Å². The van der Waals surface area contributed by atoms with Gasteiger partial charge < -0.3 is 15.5 Å². The molecule has 0 bridgehead atoms. The number of hydrogen-bond donors (Lipinski definition) is 2. The van der Waals surface area contributed by atoms with E-state index in [4.69, 9.17) is 9.98 Å². The molecule has 1 aliphatic heterocycles. The Labute approximate surface area is 163 Å². The van der Waals surface area contributed by atoms with Gasteiger partial charge in [-0.3, -0.25) is 0 Å². The number of nitrogens with one attached hydrogen (secondary N) is 2. The minimum atomic E-state index is 0.669. The first-order valence-electron chi connectivity index (χ1n) is 9.30. The molecule has 0 unspecified atom stereocenters. The van der Waals surface area contributed by atoms with Crippen molar-refractivity contribution < 1.29 is 0 Å². The second-order valence-electron chi connectivity index (χ2n) is 6.43. The van der Waals surface area contributed by atoms with Gasteiger partial charge in [0, 0.05) is 42.9 Å². The summed E-state index contributed by atoms with van der Waals surface area (Å²) < 4.78 is 0. The molecule has 6 nitrogen and oxygen atoms in total. The van der Waals surface area contributed by atoms with E-state index < -0.39 is 0 Å².